The molecular weight excluding hydrogens is 382 g/mol. The molecule has 0 aliphatic heterocycles. The van der Waals surface area contributed by atoms with Crippen LogP contribution in [-0.2, 0) is 17.6 Å². The van der Waals surface area contributed by atoms with E-state index in [2.05, 4.69) is 25.9 Å². The zero-order valence-electron chi connectivity index (χ0n) is 17.7. The normalized spacial score (nSPS) is 14.2. The molecule has 2 heterocycles. The van der Waals surface area contributed by atoms with E-state index in [0.29, 0.717) is 36.8 Å². The van der Waals surface area contributed by atoms with Crippen LogP contribution in [0, 0.1) is 0 Å². The van der Waals surface area contributed by atoms with Gasteiger partial charge in [-0.1, -0.05) is 6.92 Å². The highest BCUT2D eigenvalue weighted by Gasteiger charge is 2.30. The predicted molar refractivity (Wildman–Crippen MR) is 115 cm³/mol. The third kappa shape index (κ3) is 5.29. The summed E-state index contributed by atoms with van der Waals surface area (Å²) in [6, 6.07) is 1.67. The van der Waals surface area contributed by atoms with Crippen LogP contribution in [0.2, 0.25) is 0 Å². The number of nitrogens with zero attached hydrogens (tertiary/aromatic N) is 3. The second-order valence-electron chi connectivity index (χ2n) is 7.50. The number of hydrogen-bond donors (Lipinski definition) is 4. The van der Waals surface area contributed by atoms with Crippen LogP contribution in [0.15, 0.2) is 18.5 Å². The second kappa shape index (κ2) is 9.62. The second-order valence-corrected chi connectivity index (χ2v) is 7.50. The molecule has 9 heteroatoms. The van der Waals surface area contributed by atoms with E-state index in [0.717, 1.165) is 29.8 Å². The lowest BCUT2D eigenvalue weighted by atomic mass is 10.1. The summed E-state index contributed by atoms with van der Waals surface area (Å²) >= 11 is 0. The third-order valence-corrected chi connectivity index (χ3v) is 5.13. The van der Waals surface area contributed by atoms with Crippen LogP contribution < -0.4 is 21.7 Å². The van der Waals surface area contributed by atoms with E-state index in [9.17, 15) is 9.59 Å². The van der Waals surface area contributed by atoms with Crippen LogP contribution in [0.5, 0.6) is 0 Å². The van der Waals surface area contributed by atoms with Crippen molar-refractivity contribution < 1.29 is 9.59 Å². The van der Waals surface area contributed by atoms with Gasteiger partial charge in [-0.3, -0.25) is 14.6 Å². The fraction of sp³-hybridized carbons (Fsp3) is 0.476. The highest BCUT2D eigenvalue weighted by molar-refractivity contribution is 5.96. The van der Waals surface area contributed by atoms with Gasteiger partial charge in [0.15, 0.2) is 11.5 Å². The van der Waals surface area contributed by atoms with E-state index in [1.807, 2.05) is 13.0 Å². The lowest BCUT2D eigenvalue weighted by Gasteiger charge is -2.14. The smallest absolute Gasteiger partial charge is 0.271 e. The molecule has 0 aromatic carbocycles. The summed E-state index contributed by atoms with van der Waals surface area (Å²) in [4.78, 5) is 37.3. The van der Waals surface area contributed by atoms with E-state index >= 15 is 0 Å². The van der Waals surface area contributed by atoms with Gasteiger partial charge in [0.25, 0.3) is 5.91 Å². The Kier molecular flexibility index (Phi) is 6.94. The van der Waals surface area contributed by atoms with Gasteiger partial charge in [0.2, 0.25) is 5.91 Å². The first-order valence-electron chi connectivity index (χ1n) is 10.3. The Hall–Kier alpha value is -3.07. The quantitative estimate of drug-likeness (QED) is 0.464. The van der Waals surface area contributed by atoms with E-state index in [4.69, 9.17) is 10.7 Å². The van der Waals surface area contributed by atoms with Gasteiger partial charge in [-0.25, -0.2) is 9.97 Å². The van der Waals surface area contributed by atoms with Crippen LogP contribution in [0.3, 0.4) is 0 Å². The highest BCUT2D eigenvalue weighted by Crippen LogP contribution is 2.41. The minimum absolute atomic E-state index is 0.0512. The predicted octanol–water partition coefficient (Wildman–Crippen LogP) is 1.42. The number of carbonyl (C=O) groups excluding carboxylic acids is 2. The molecule has 0 bridgehead atoms. The summed E-state index contributed by atoms with van der Waals surface area (Å²) in [5.74, 6) is 0.0944. The largest absolute Gasteiger partial charge is 0.364 e. The minimum Gasteiger partial charge on any atom is -0.364 e. The van der Waals surface area contributed by atoms with Crippen molar-refractivity contribution in [2.45, 2.75) is 51.5 Å². The average molecular weight is 412 g/mol. The molecule has 30 heavy (non-hydrogen) atoms. The Balaban J connectivity index is 1.75. The summed E-state index contributed by atoms with van der Waals surface area (Å²) in [6.45, 7) is 4.30. The number of nitrogens with two attached hydrogens (primary N) is 1. The number of carbonyl (C=O) groups is 2. The van der Waals surface area contributed by atoms with Crippen molar-refractivity contribution in [2.24, 2.45) is 5.73 Å². The van der Waals surface area contributed by atoms with E-state index < -0.39 is 5.91 Å². The van der Waals surface area contributed by atoms with Gasteiger partial charge < -0.3 is 21.7 Å². The number of likely N-dealkylation sites (N-methyl/N-ethyl adjacent to an activating group) is 1. The van der Waals surface area contributed by atoms with Crippen molar-refractivity contribution >= 4 is 23.3 Å². The number of nitrogens with one attached hydrogen (secondary N) is 3. The zero-order chi connectivity index (χ0) is 21.7. The van der Waals surface area contributed by atoms with Gasteiger partial charge >= 0.3 is 0 Å². The van der Waals surface area contributed by atoms with Gasteiger partial charge in [0, 0.05) is 18.7 Å². The molecule has 0 saturated heterocycles. The molecule has 2 amide bonds. The molecule has 3 rings (SSSR count). The molecule has 1 atom stereocenters. The van der Waals surface area contributed by atoms with Crippen LogP contribution in [0.1, 0.15) is 60.0 Å². The molecule has 9 nitrogen and oxygen atoms in total. The fourth-order valence-electron chi connectivity index (χ4n) is 3.13. The number of primary amides is 1. The molecule has 0 unspecified atom stereocenters. The van der Waals surface area contributed by atoms with E-state index in [1.54, 1.807) is 26.4 Å². The number of pyridine rings is 1. The number of aryl methyl sites for hydroxylation is 1. The summed E-state index contributed by atoms with van der Waals surface area (Å²) in [7, 11) is 1.74. The highest BCUT2D eigenvalue weighted by atomic mass is 16.2. The topological polar surface area (TPSA) is 135 Å². The Bertz CT molecular complexity index is 928. The molecule has 1 aliphatic carbocycles. The van der Waals surface area contributed by atoms with Crippen LogP contribution in [0.4, 0.5) is 11.5 Å². The van der Waals surface area contributed by atoms with Crippen molar-refractivity contribution in [3.05, 3.63) is 41.1 Å². The number of rotatable bonds is 10. The summed E-state index contributed by atoms with van der Waals surface area (Å²) in [5, 5.41) is 8.95. The van der Waals surface area contributed by atoms with Crippen molar-refractivity contribution in [1.29, 1.82) is 0 Å². The maximum Gasteiger partial charge on any atom is 0.271 e. The van der Waals surface area contributed by atoms with Gasteiger partial charge in [0.05, 0.1) is 29.3 Å². The van der Waals surface area contributed by atoms with Crippen molar-refractivity contribution in [2.75, 3.05) is 18.9 Å². The lowest BCUT2D eigenvalue weighted by molar-refractivity contribution is -0.122. The molecule has 1 saturated carbocycles. The number of amides is 2. The third-order valence-electron chi connectivity index (χ3n) is 5.13. The van der Waals surface area contributed by atoms with Gasteiger partial charge in [-0.15, -0.1) is 0 Å². The summed E-state index contributed by atoms with van der Waals surface area (Å²) < 4.78 is 0. The van der Waals surface area contributed by atoms with Crippen LogP contribution in [-0.4, -0.2) is 46.4 Å². The van der Waals surface area contributed by atoms with Crippen LogP contribution >= 0.6 is 0 Å². The molecule has 160 valence electrons. The monoisotopic (exact) mass is 411 g/mol. The molecule has 5 N–H and O–H groups in total. The maximum absolute atomic E-state index is 11.9. The maximum atomic E-state index is 11.9. The summed E-state index contributed by atoms with van der Waals surface area (Å²) in [5.41, 5.74) is 9.08. The van der Waals surface area contributed by atoms with Crippen molar-refractivity contribution in [3.63, 3.8) is 0 Å². The number of hydrogen-bond acceptors (Lipinski definition) is 7. The van der Waals surface area contributed by atoms with E-state index in [-0.39, 0.29) is 17.6 Å². The van der Waals surface area contributed by atoms with Gasteiger partial charge in [-0.2, -0.15) is 0 Å². The molecule has 2 aromatic heterocycles. The SMILES string of the molecule is CCc1nc(C(N)=O)c(Nc2cncc(CCNC(=O)[C@H](C)NC)c2)nc1C1CC1. The van der Waals surface area contributed by atoms with Crippen molar-refractivity contribution in [1.82, 2.24) is 25.6 Å². The number of anilines is 2. The molecule has 2 aromatic rings. The molecule has 0 radical (unpaired) electrons. The molecule has 1 fully saturated rings. The Morgan fingerprint density at radius 3 is 2.67 bits per heavy atom. The molecule has 1 aliphatic rings. The van der Waals surface area contributed by atoms with Gasteiger partial charge in [0.1, 0.15) is 0 Å². The Morgan fingerprint density at radius 1 is 1.27 bits per heavy atom. The first-order valence-corrected chi connectivity index (χ1v) is 10.3. The van der Waals surface area contributed by atoms with Crippen molar-refractivity contribution in [3.8, 4) is 0 Å². The zero-order valence-corrected chi connectivity index (χ0v) is 17.7. The minimum atomic E-state index is -0.618. The van der Waals surface area contributed by atoms with Crippen LogP contribution in [0.25, 0.3) is 0 Å². The average Bonchev–Trinajstić information content (AvgIpc) is 3.58. The lowest BCUT2D eigenvalue weighted by Crippen LogP contribution is -2.41. The first kappa shape index (κ1) is 21.6. The van der Waals surface area contributed by atoms with E-state index in [1.165, 1.54) is 0 Å². The fourth-order valence-corrected chi connectivity index (χ4v) is 3.13. The Labute approximate surface area is 176 Å². The first-order chi connectivity index (χ1) is 14.4. The number of aromatic nitrogens is 3. The standard InChI is InChI=1S/C21H29N7O2/c1-4-16-17(14-5-6-14)28-20(18(27-16)19(22)29)26-15-9-13(10-24-11-15)7-8-25-21(30)12(2)23-3/h9-12,14,23H,4-8H2,1-3H3,(H2,22,29)(H,25,30)(H,26,28)/t12-/m0/s1. The Morgan fingerprint density at radius 2 is 2.03 bits per heavy atom. The van der Waals surface area contributed by atoms with Gasteiger partial charge in [-0.05, 0) is 51.3 Å². The molecular formula is C21H29N7O2. The summed E-state index contributed by atoms with van der Waals surface area (Å²) in [6.07, 6.45) is 6.91. The molecule has 0 spiro atoms.